The zero-order valence-electron chi connectivity index (χ0n) is 17.0. The molecule has 160 valence electrons. The molecule has 0 radical (unpaired) electrons. The fourth-order valence-electron chi connectivity index (χ4n) is 2.99. The van der Waals surface area contributed by atoms with E-state index in [0.29, 0.717) is 32.7 Å². The van der Waals surface area contributed by atoms with E-state index in [-0.39, 0.29) is 23.4 Å². The quantitative estimate of drug-likeness (QED) is 0.575. The summed E-state index contributed by atoms with van der Waals surface area (Å²) in [6.45, 7) is 3.04. The van der Waals surface area contributed by atoms with Gasteiger partial charge in [0, 0.05) is 26.9 Å². The van der Waals surface area contributed by atoms with Crippen LogP contribution in [0.3, 0.4) is 0 Å². The molecule has 31 heavy (non-hydrogen) atoms. The van der Waals surface area contributed by atoms with E-state index in [1.165, 1.54) is 29.9 Å². The molecule has 0 saturated carbocycles. The lowest BCUT2D eigenvalue weighted by Gasteiger charge is -2.16. The molecule has 0 aliphatic carbocycles. The van der Waals surface area contributed by atoms with Gasteiger partial charge in [0.25, 0.3) is 5.56 Å². The van der Waals surface area contributed by atoms with Gasteiger partial charge in [0.05, 0.1) is 18.4 Å². The maximum absolute atomic E-state index is 12.9. The molecule has 1 N–H and O–H groups in total. The van der Waals surface area contributed by atoms with Crippen molar-refractivity contribution >= 4 is 40.8 Å². The maximum Gasteiger partial charge on any atom is 0.339 e. The molecule has 0 atom stereocenters. The van der Waals surface area contributed by atoms with Crippen molar-refractivity contribution in [3.63, 3.8) is 0 Å². The lowest BCUT2D eigenvalue weighted by Crippen LogP contribution is -2.32. The molecule has 0 aliphatic heterocycles. The van der Waals surface area contributed by atoms with Crippen molar-refractivity contribution < 1.29 is 14.3 Å². The summed E-state index contributed by atoms with van der Waals surface area (Å²) in [5.74, 6) is -0.857. The first-order chi connectivity index (χ1) is 14.7. The SMILES string of the molecule is COC(=O)c1ccc(Cl)cc1NC(=O)Cn1c(-c2cccc(Cl)c2)nc(C)c(C)c1=O. The van der Waals surface area contributed by atoms with E-state index in [0.717, 1.165) is 0 Å². The molecule has 7 nitrogen and oxygen atoms in total. The molecule has 1 aromatic heterocycles. The Morgan fingerprint density at radius 1 is 1.10 bits per heavy atom. The van der Waals surface area contributed by atoms with Crippen LogP contribution in [0, 0.1) is 13.8 Å². The number of nitrogens with one attached hydrogen (secondary N) is 1. The van der Waals surface area contributed by atoms with E-state index >= 15 is 0 Å². The molecule has 0 aliphatic rings. The topological polar surface area (TPSA) is 90.3 Å². The smallest absolute Gasteiger partial charge is 0.339 e. The molecule has 0 unspecified atom stereocenters. The van der Waals surface area contributed by atoms with Crippen LogP contribution in [0.15, 0.2) is 47.3 Å². The molecule has 0 fully saturated rings. The Labute approximate surface area is 188 Å². The fourth-order valence-corrected chi connectivity index (χ4v) is 3.35. The summed E-state index contributed by atoms with van der Waals surface area (Å²) < 4.78 is 6.01. The van der Waals surface area contributed by atoms with E-state index in [1.807, 2.05) is 0 Å². The lowest BCUT2D eigenvalue weighted by molar-refractivity contribution is -0.116. The largest absolute Gasteiger partial charge is 0.465 e. The van der Waals surface area contributed by atoms with Crippen LogP contribution in [0.4, 0.5) is 5.69 Å². The maximum atomic E-state index is 12.9. The molecule has 9 heteroatoms. The molecule has 0 spiro atoms. The number of amides is 1. The van der Waals surface area contributed by atoms with Crippen LogP contribution in [0.5, 0.6) is 0 Å². The number of aryl methyl sites for hydroxylation is 1. The second kappa shape index (κ2) is 9.32. The van der Waals surface area contributed by atoms with Crippen LogP contribution in [-0.4, -0.2) is 28.5 Å². The number of benzene rings is 2. The average molecular weight is 460 g/mol. The third-order valence-electron chi connectivity index (χ3n) is 4.68. The summed E-state index contributed by atoms with van der Waals surface area (Å²) in [6.07, 6.45) is 0. The number of carbonyl (C=O) groups excluding carboxylic acids is 2. The van der Waals surface area contributed by atoms with Crippen molar-refractivity contribution in [2.24, 2.45) is 0 Å². The van der Waals surface area contributed by atoms with Crippen LogP contribution in [-0.2, 0) is 16.1 Å². The van der Waals surface area contributed by atoms with Gasteiger partial charge in [0.1, 0.15) is 12.4 Å². The molecular formula is C22H19Cl2N3O4. The van der Waals surface area contributed by atoms with Gasteiger partial charge in [0.2, 0.25) is 5.91 Å². The second-order valence-corrected chi connectivity index (χ2v) is 7.65. The number of hydrogen-bond acceptors (Lipinski definition) is 5. The van der Waals surface area contributed by atoms with E-state index in [9.17, 15) is 14.4 Å². The Morgan fingerprint density at radius 2 is 1.81 bits per heavy atom. The van der Waals surface area contributed by atoms with E-state index in [1.54, 1.807) is 38.1 Å². The van der Waals surface area contributed by atoms with Crippen molar-refractivity contribution in [2.45, 2.75) is 20.4 Å². The number of hydrogen-bond donors (Lipinski definition) is 1. The number of ether oxygens (including phenoxy) is 1. The highest BCUT2D eigenvalue weighted by atomic mass is 35.5. The van der Waals surface area contributed by atoms with Crippen LogP contribution in [0.2, 0.25) is 10.0 Å². The Balaban J connectivity index is 2.01. The van der Waals surface area contributed by atoms with Gasteiger partial charge in [-0.15, -0.1) is 0 Å². The van der Waals surface area contributed by atoms with Crippen molar-refractivity contribution in [3.05, 3.63) is 79.7 Å². The van der Waals surface area contributed by atoms with Gasteiger partial charge in [-0.05, 0) is 44.2 Å². The summed E-state index contributed by atoms with van der Waals surface area (Å²) in [4.78, 5) is 42.3. The highest BCUT2D eigenvalue weighted by Crippen LogP contribution is 2.23. The number of halogens is 2. The van der Waals surface area contributed by atoms with Gasteiger partial charge >= 0.3 is 5.97 Å². The van der Waals surface area contributed by atoms with Crippen molar-refractivity contribution in [1.29, 1.82) is 0 Å². The van der Waals surface area contributed by atoms with E-state index in [2.05, 4.69) is 10.3 Å². The fraction of sp³-hybridized carbons (Fsp3) is 0.182. The van der Waals surface area contributed by atoms with Crippen molar-refractivity contribution in [3.8, 4) is 11.4 Å². The number of aromatic nitrogens is 2. The number of esters is 1. The number of nitrogens with zero attached hydrogens (tertiary/aromatic N) is 2. The third kappa shape index (κ3) is 4.95. The monoisotopic (exact) mass is 459 g/mol. The van der Waals surface area contributed by atoms with Crippen molar-refractivity contribution in [2.75, 3.05) is 12.4 Å². The van der Waals surface area contributed by atoms with Gasteiger partial charge in [-0.1, -0.05) is 35.3 Å². The van der Waals surface area contributed by atoms with Gasteiger partial charge in [-0.2, -0.15) is 0 Å². The molecule has 1 heterocycles. The number of rotatable bonds is 5. The molecule has 3 aromatic rings. The molecule has 1 amide bonds. The predicted molar refractivity (Wildman–Crippen MR) is 120 cm³/mol. The average Bonchev–Trinajstić information content (AvgIpc) is 2.73. The number of carbonyl (C=O) groups is 2. The predicted octanol–water partition coefficient (Wildman–Crippen LogP) is 4.26. The zero-order chi connectivity index (χ0) is 22.7. The standard InChI is InChI=1S/C22H19Cl2N3O4/c1-12-13(2)25-20(14-5-4-6-15(23)9-14)27(21(12)29)11-19(28)26-18-10-16(24)7-8-17(18)22(30)31-3/h4-10H,11H2,1-3H3,(H,26,28). The summed E-state index contributed by atoms with van der Waals surface area (Å²) >= 11 is 12.1. The van der Waals surface area contributed by atoms with Crippen LogP contribution in [0.25, 0.3) is 11.4 Å². The Hall–Kier alpha value is -3.16. The van der Waals surface area contributed by atoms with Crippen LogP contribution < -0.4 is 10.9 Å². The first-order valence-electron chi connectivity index (χ1n) is 9.23. The Bertz CT molecular complexity index is 1240. The minimum atomic E-state index is -0.628. The molecule has 0 bridgehead atoms. The summed E-state index contributed by atoms with van der Waals surface area (Å²) in [5.41, 5.74) is 1.55. The van der Waals surface area contributed by atoms with E-state index in [4.69, 9.17) is 27.9 Å². The molecular weight excluding hydrogens is 441 g/mol. The number of anilines is 1. The Morgan fingerprint density at radius 3 is 2.48 bits per heavy atom. The van der Waals surface area contributed by atoms with E-state index < -0.39 is 11.9 Å². The van der Waals surface area contributed by atoms with Gasteiger partial charge < -0.3 is 10.1 Å². The van der Waals surface area contributed by atoms with Crippen LogP contribution >= 0.6 is 23.2 Å². The number of methoxy groups -OCH3 is 1. The highest BCUT2D eigenvalue weighted by Gasteiger charge is 2.19. The first-order valence-corrected chi connectivity index (χ1v) is 9.98. The zero-order valence-corrected chi connectivity index (χ0v) is 18.5. The summed E-state index contributed by atoms with van der Waals surface area (Å²) in [7, 11) is 1.24. The highest BCUT2D eigenvalue weighted by molar-refractivity contribution is 6.31. The minimum Gasteiger partial charge on any atom is -0.465 e. The molecule has 3 rings (SSSR count). The molecule has 0 saturated heterocycles. The normalized spacial score (nSPS) is 10.6. The lowest BCUT2D eigenvalue weighted by atomic mass is 10.1. The van der Waals surface area contributed by atoms with Gasteiger partial charge in [-0.3, -0.25) is 14.2 Å². The van der Waals surface area contributed by atoms with Gasteiger partial charge in [0.15, 0.2) is 0 Å². The van der Waals surface area contributed by atoms with Crippen LogP contribution in [0.1, 0.15) is 21.6 Å². The van der Waals surface area contributed by atoms with Crippen molar-refractivity contribution in [1.82, 2.24) is 9.55 Å². The summed E-state index contributed by atoms with van der Waals surface area (Å²) in [5, 5.41) is 3.43. The third-order valence-corrected chi connectivity index (χ3v) is 5.15. The summed E-state index contributed by atoms with van der Waals surface area (Å²) in [6, 6.07) is 11.3. The minimum absolute atomic E-state index is 0.140. The Kier molecular flexibility index (Phi) is 6.77. The first kappa shape index (κ1) is 22.5. The van der Waals surface area contributed by atoms with Gasteiger partial charge in [-0.25, -0.2) is 9.78 Å². The second-order valence-electron chi connectivity index (χ2n) is 6.78. The molecule has 2 aromatic carbocycles.